The normalized spacial score (nSPS) is 12.4. The highest BCUT2D eigenvalue weighted by atomic mass is 35.5. The number of benzene rings is 1. The molecular formula is C13H12ClF2N3. The molecule has 0 saturated heterocycles. The topological polar surface area (TPSA) is 50.9 Å². The molecule has 0 saturated carbocycles. The minimum absolute atomic E-state index is 0.212. The van der Waals surface area contributed by atoms with Crippen molar-refractivity contribution in [3.8, 4) is 0 Å². The van der Waals surface area contributed by atoms with Crippen LogP contribution in [0.3, 0.4) is 0 Å². The van der Waals surface area contributed by atoms with E-state index >= 15 is 0 Å². The van der Waals surface area contributed by atoms with Crippen molar-refractivity contribution in [3.63, 3.8) is 0 Å². The lowest BCUT2D eigenvalue weighted by molar-refractivity contribution is 0.522. The third-order valence-electron chi connectivity index (χ3n) is 2.79. The van der Waals surface area contributed by atoms with Gasteiger partial charge in [-0.25, -0.2) is 13.8 Å². The molecule has 0 bridgehead atoms. The number of hydrogen-bond donors (Lipinski definition) is 2. The molecule has 6 heteroatoms. The SMILES string of the molecule is NNC(Cc1cc(F)ccc1F)c1ccc(Cl)nc1. The van der Waals surface area contributed by atoms with Crippen LogP contribution in [0.4, 0.5) is 8.78 Å². The molecule has 3 nitrogen and oxygen atoms in total. The van der Waals surface area contributed by atoms with Gasteiger partial charge >= 0.3 is 0 Å². The van der Waals surface area contributed by atoms with E-state index in [-0.39, 0.29) is 18.0 Å². The first kappa shape index (κ1) is 13.9. The van der Waals surface area contributed by atoms with Gasteiger partial charge in [0.2, 0.25) is 0 Å². The fourth-order valence-electron chi connectivity index (χ4n) is 1.79. The van der Waals surface area contributed by atoms with E-state index in [9.17, 15) is 8.78 Å². The van der Waals surface area contributed by atoms with E-state index in [1.807, 2.05) is 0 Å². The van der Waals surface area contributed by atoms with Crippen LogP contribution in [0, 0.1) is 11.6 Å². The van der Waals surface area contributed by atoms with E-state index in [0.29, 0.717) is 5.15 Å². The highest BCUT2D eigenvalue weighted by molar-refractivity contribution is 6.29. The molecule has 2 aromatic rings. The van der Waals surface area contributed by atoms with Gasteiger partial charge in [0.25, 0.3) is 0 Å². The lowest BCUT2D eigenvalue weighted by Gasteiger charge is -2.16. The Labute approximate surface area is 114 Å². The fraction of sp³-hybridized carbons (Fsp3) is 0.154. The predicted molar refractivity (Wildman–Crippen MR) is 69.4 cm³/mol. The molecule has 1 unspecified atom stereocenters. The molecule has 100 valence electrons. The molecule has 2 rings (SSSR count). The van der Waals surface area contributed by atoms with Crippen LogP contribution in [0.2, 0.25) is 5.15 Å². The zero-order valence-electron chi connectivity index (χ0n) is 9.91. The van der Waals surface area contributed by atoms with Gasteiger partial charge in [-0.3, -0.25) is 11.3 Å². The van der Waals surface area contributed by atoms with Crippen LogP contribution in [0.25, 0.3) is 0 Å². The summed E-state index contributed by atoms with van der Waals surface area (Å²) in [4.78, 5) is 3.93. The van der Waals surface area contributed by atoms with Crippen molar-refractivity contribution in [2.45, 2.75) is 12.5 Å². The Kier molecular flexibility index (Phi) is 4.42. The summed E-state index contributed by atoms with van der Waals surface area (Å²) in [6.45, 7) is 0. The van der Waals surface area contributed by atoms with E-state index in [1.165, 1.54) is 0 Å². The van der Waals surface area contributed by atoms with Crippen molar-refractivity contribution in [2.75, 3.05) is 0 Å². The summed E-state index contributed by atoms with van der Waals surface area (Å²) in [6, 6.07) is 6.30. The zero-order chi connectivity index (χ0) is 13.8. The van der Waals surface area contributed by atoms with Gasteiger partial charge < -0.3 is 0 Å². The van der Waals surface area contributed by atoms with E-state index in [1.54, 1.807) is 18.3 Å². The Balaban J connectivity index is 2.23. The average Bonchev–Trinajstić information content (AvgIpc) is 2.41. The van der Waals surface area contributed by atoms with Gasteiger partial charge in [0.1, 0.15) is 16.8 Å². The molecule has 0 fully saturated rings. The van der Waals surface area contributed by atoms with Crippen molar-refractivity contribution >= 4 is 11.6 Å². The predicted octanol–water partition coefficient (Wildman–Crippen LogP) is 2.76. The summed E-state index contributed by atoms with van der Waals surface area (Å²) < 4.78 is 26.7. The van der Waals surface area contributed by atoms with Crippen LogP contribution in [0.5, 0.6) is 0 Å². The van der Waals surface area contributed by atoms with Gasteiger partial charge in [-0.1, -0.05) is 17.7 Å². The second kappa shape index (κ2) is 6.06. The Bertz CT molecular complexity index is 560. The molecule has 1 atom stereocenters. The first-order valence-electron chi connectivity index (χ1n) is 5.61. The summed E-state index contributed by atoms with van der Waals surface area (Å²) in [6.07, 6.45) is 1.76. The zero-order valence-corrected chi connectivity index (χ0v) is 10.7. The standard InChI is InChI=1S/C13H12ClF2N3/c14-13-4-1-8(7-18-13)12(19-17)6-9-5-10(15)2-3-11(9)16/h1-5,7,12,19H,6,17H2. The molecule has 0 aliphatic carbocycles. The Morgan fingerprint density at radius 2 is 2.05 bits per heavy atom. The third kappa shape index (κ3) is 3.47. The first-order chi connectivity index (χ1) is 9.10. The number of hydrazine groups is 1. The Morgan fingerprint density at radius 3 is 2.68 bits per heavy atom. The van der Waals surface area contributed by atoms with Crippen molar-refractivity contribution in [3.05, 3.63) is 64.4 Å². The summed E-state index contributed by atoms with van der Waals surface area (Å²) >= 11 is 5.69. The number of nitrogens with zero attached hydrogens (tertiary/aromatic N) is 1. The van der Waals surface area contributed by atoms with Crippen molar-refractivity contribution in [1.29, 1.82) is 0 Å². The number of pyridine rings is 1. The molecule has 0 aliphatic rings. The van der Waals surface area contributed by atoms with Gasteiger partial charge in [0, 0.05) is 6.20 Å². The van der Waals surface area contributed by atoms with Crippen LogP contribution < -0.4 is 11.3 Å². The smallest absolute Gasteiger partial charge is 0.129 e. The maximum Gasteiger partial charge on any atom is 0.129 e. The van der Waals surface area contributed by atoms with E-state index in [4.69, 9.17) is 17.4 Å². The van der Waals surface area contributed by atoms with Gasteiger partial charge in [0.05, 0.1) is 6.04 Å². The van der Waals surface area contributed by atoms with Gasteiger partial charge in [0.15, 0.2) is 0 Å². The minimum Gasteiger partial charge on any atom is -0.271 e. The number of hydrogen-bond acceptors (Lipinski definition) is 3. The number of aromatic nitrogens is 1. The van der Waals surface area contributed by atoms with Crippen LogP contribution in [0.1, 0.15) is 17.2 Å². The molecule has 3 N–H and O–H groups in total. The molecule has 0 radical (unpaired) electrons. The molecule has 0 spiro atoms. The maximum absolute atomic E-state index is 13.6. The quantitative estimate of drug-likeness (QED) is 0.515. The van der Waals surface area contributed by atoms with Gasteiger partial charge in [-0.05, 0) is 41.8 Å². The highest BCUT2D eigenvalue weighted by Gasteiger charge is 2.14. The molecule has 1 heterocycles. The summed E-state index contributed by atoms with van der Waals surface area (Å²) in [5, 5.41) is 0.358. The minimum atomic E-state index is -0.485. The number of rotatable bonds is 4. The maximum atomic E-state index is 13.6. The first-order valence-corrected chi connectivity index (χ1v) is 5.99. The van der Waals surface area contributed by atoms with Crippen LogP contribution in [-0.2, 0) is 6.42 Å². The summed E-state index contributed by atoms with van der Waals surface area (Å²) in [7, 11) is 0. The molecular weight excluding hydrogens is 272 g/mol. The number of halogens is 3. The van der Waals surface area contributed by atoms with Crippen molar-refractivity contribution in [1.82, 2.24) is 10.4 Å². The van der Waals surface area contributed by atoms with E-state index in [2.05, 4.69) is 10.4 Å². The highest BCUT2D eigenvalue weighted by Crippen LogP contribution is 2.20. The number of nitrogens with one attached hydrogen (secondary N) is 1. The summed E-state index contributed by atoms with van der Waals surface area (Å²) in [5.41, 5.74) is 3.55. The van der Waals surface area contributed by atoms with E-state index < -0.39 is 11.6 Å². The van der Waals surface area contributed by atoms with Crippen LogP contribution in [-0.4, -0.2) is 4.98 Å². The molecule has 19 heavy (non-hydrogen) atoms. The van der Waals surface area contributed by atoms with Gasteiger partial charge in [-0.2, -0.15) is 0 Å². The van der Waals surface area contributed by atoms with Crippen molar-refractivity contribution in [2.24, 2.45) is 5.84 Å². The second-order valence-corrected chi connectivity index (χ2v) is 4.46. The Hall–Kier alpha value is -1.56. The van der Waals surface area contributed by atoms with Crippen molar-refractivity contribution < 1.29 is 8.78 Å². The fourth-order valence-corrected chi connectivity index (χ4v) is 1.90. The molecule has 1 aromatic carbocycles. The van der Waals surface area contributed by atoms with Crippen LogP contribution in [0.15, 0.2) is 36.5 Å². The van der Waals surface area contributed by atoms with Gasteiger partial charge in [-0.15, -0.1) is 0 Å². The monoisotopic (exact) mass is 283 g/mol. The second-order valence-electron chi connectivity index (χ2n) is 4.07. The Morgan fingerprint density at radius 1 is 1.26 bits per heavy atom. The molecule has 1 aromatic heterocycles. The van der Waals surface area contributed by atoms with Crippen LogP contribution >= 0.6 is 11.6 Å². The third-order valence-corrected chi connectivity index (χ3v) is 3.01. The molecule has 0 amide bonds. The largest absolute Gasteiger partial charge is 0.271 e. The molecule has 0 aliphatic heterocycles. The number of nitrogens with two attached hydrogens (primary N) is 1. The lowest BCUT2D eigenvalue weighted by atomic mass is 10.0. The van der Waals surface area contributed by atoms with E-state index in [0.717, 1.165) is 23.8 Å². The lowest BCUT2D eigenvalue weighted by Crippen LogP contribution is -2.30. The average molecular weight is 284 g/mol. The summed E-state index contributed by atoms with van der Waals surface area (Å²) in [5.74, 6) is 4.50.